The normalized spacial score (nSPS) is 11.5. The van der Waals surface area contributed by atoms with Crippen molar-refractivity contribution in [1.29, 1.82) is 0 Å². The van der Waals surface area contributed by atoms with E-state index in [0.29, 0.717) is 11.1 Å². The van der Waals surface area contributed by atoms with Crippen molar-refractivity contribution in [1.82, 2.24) is 0 Å². The Morgan fingerprint density at radius 2 is 1.58 bits per heavy atom. The third kappa shape index (κ3) is 2.29. The Hall–Kier alpha value is -2.01. The second-order valence-corrected chi connectivity index (χ2v) is 6.29. The highest BCUT2D eigenvalue weighted by Gasteiger charge is 2.25. The van der Waals surface area contributed by atoms with Gasteiger partial charge in [0.25, 0.3) is 0 Å². The van der Waals surface area contributed by atoms with E-state index >= 15 is 0 Å². The van der Waals surface area contributed by atoms with Crippen LogP contribution in [0.1, 0.15) is 11.1 Å². The number of phenols is 2. The Balaban J connectivity index is 2.75. The molecule has 0 fully saturated rings. The zero-order valence-corrected chi connectivity index (χ0v) is 11.4. The smallest absolute Gasteiger partial charge is 0.210 e. The first-order valence-electron chi connectivity index (χ1n) is 5.67. The van der Waals surface area contributed by atoms with Gasteiger partial charge in [0.2, 0.25) is 9.84 Å². The average Bonchev–Trinajstić information content (AvgIpc) is 2.34. The van der Waals surface area contributed by atoms with Crippen LogP contribution in [0.25, 0.3) is 0 Å². The third-order valence-electron chi connectivity index (χ3n) is 2.87. The highest BCUT2D eigenvalue weighted by molar-refractivity contribution is 7.91. The zero-order valence-electron chi connectivity index (χ0n) is 10.6. The Bertz CT molecular complexity index is 733. The molecule has 0 radical (unpaired) electrons. The van der Waals surface area contributed by atoms with Crippen LogP contribution in [0.15, 0.2) is 46.2 Å². The lowest BCUT2D eigenvalue weighted by molar-refractivity contribution is 0.392. The van der Waals surface area contributed by atoms with Gasteiger partial charge in [-0.3, -0.25) is 0 Å². The SMILES string of the molecule is Cc1cc(O)c(O)c(S(=O)(=O)c2ccccc2C)c1. The molecule has 2 aromatic carbocycles. The Kier molecular flexibility index (Phi) is 3.24. The van der Waals surface area contributed by atoms with Crippen LogP contribution >= 0.6 is 0 Å². The van der Waals surface area contributed by atoms with Crippen LogP contribution in [0.2, 0.25) is 0 Å². The maximum atomic E-state index is 12.5. The van der Waals surface area contributed by atoms with Crippen LogP contribution in [0.4, 0.5) is 0 Å². The summed E-state index contributed by atoms with van der Waals surface area (Å²) in [4.78, 5) is -0.158. The monoisotopic (exact) mass is 278 g/mol. The van der Waals surface area contributed by atoms with Gasteiger partial charge in [-0.15, -0.1) is 0 Å². The van der Waals surface area contributed by atoms with Gasteiger partial charge in [0.1, 0.15) is 4.90 Å². The van der Waals surface area contributed by atoms with Gasteiger partial charge >= 0.3 is 0 Å². The van der Waals surface area contributed by atoms with E-state index < -0.39 is 21.3 Å². The maximum absolute atomic E-state index is 12.5. The molecule has 0 amide bonds. The van der Waals surface area contributed by atoms with Crippen LogP contribution in [0.3, 0.4) is 0 Å². The summed E-state index contributed by atoms with van der Waals surface area (Å²) in [6, 6.07) is 9.17. The summed E-state index contributed by atoms with van der Waals surface area (Å²) in [5.41, 5.74) is 1.14. The predicted octanol–water partition coefficient (Wildman–Crippen LogP) is 2.55. The van der Waals surface area contributed by atoms with Gasteiger partial charge in [0, 0.05) is 0 Å². The highest BCUT2D eigenvalue weighted by Crippen LogP contribution is 2.37. The first-order valence-corrected chi connectivity index (χ1v) is 7.15. The van der Waals surface area contributed by atoms with Crippen LogP contribution < -0.4 is 0 Å². The molecule has 2 rings (SSSR count). The molecule has 0 atom stereocenters. The van der Waals surface area contributed by atoms with E-state index in [1.165, 1.54) is 18.2 Å². The highest BCUT2D eigenvalue weighted by atomic mass is 32.2. The predicted molar refractivity (Wildman–Crippen MR) is 71.1 cm³/mol. The largest absolute Gasteiger partial charge is 0.504 e. The lowest BCUT2D eigenvalue weighted by Gasteiger charge is -2.11. The molecule has 4 nitrogen and oxygen atoms in total. The Labute approximate surface area is 111 Å². The molecule has 0 aliphatic heterocycles. The van der Waals surface area contributed by atoms with Crippen molar-refractivity contribution in [3.63, 3.8) is 0 Å². The van der Waals surface area contributed by atoms with E-state index in [0.717, 1.165) is 0 Å². The zero-order chi connectivity index (χ0) is 14.2. The fourth-order valence-electron chi connectivity index (χ4n) is 1.91. The van der Waals surface area contributed by atoms with Crippen molar-refractivity contribution in [3.8, 4) is 11.5 Å². The summed E-state index contributed by atoms with van der Waals surface area (Å²) in [6.07, 6.45) is 0. The summed E-state index contributed by atoms with van der Waals surface area (Å²) in [5.74, 6) is -1.05. The molecule has 5 heteroatoms. The molecule has 0 unspecified atom stereocenters. The van der Waals surface area contributed by atoms with Gasteiger partial charge < -0.3 is 10.2 Å². The number of aromatic hydroxyl groups is 2. The molecule has 0 heterocycles. The number of phenolic OH excluding ortho intramolecular Hbond substituents is 2. The molecule has 19 heavy (non-hydrogen) atoms. The third-order valence-corrected chi connectivity index (χ3v) is 4.80. The molecule has 0 saturated carbocycles. The summed E-state index contributed by atoms with van der Waals surface area (Å²) < 4.78 is 25.0. The fourth-order valence-corrected chi connectivity index (χ4v) is 3.60. The van der Waals surface area contributed by atoms with Crippen molar-refractivity contribution < 1.29 is 18.6 Å². The molecule has 0 aromatic heterocycles. The number of rotatable bonds is 2. The number of aryl methyl sites for hydroxylation is 2. The van der Waals surface area contributed by atoms with Gasteiger partial charge in [-0.1, -0.05) is 18.2 Å². The van der Waals surface area contributed by atoms with Crippen LogP contribution in [0.5, 0.6) is 11.5 Å². The van der Waals surface area contributed by atoms with Crippen molar-refractivity contribution in [2.75, 3.05) is 0 Å². The summed E-state index contributed by atoms with van der Waals surface area (Å²) >= 11 is 0. The fraction of sp³-hybridized carbons (Fsp3) is 0.143. The molecule has 2 aromatic rings. The van der Waals surface area contributed by atoms with Crippen LogP contribution in [-0.4, -0.2) is 18.6 Å². The number of sulfone groups is 1. The van der Waals surface area contributed by atoms with E-state index in [2.05, 4.69) is 0 Å². The van der Waals surface area contributed by atoms with Crippen molar-refractivity contribution in [2.24, 2.45) is 0 Å². The minimum Gasteiger partial charge on any atom is -0.504 e. The van der Waals surface area contributed by atoms with Gasteiger partial charge in [0.15, 0.2) is 11.5 Å². The first-order chi connectivity index (χ1) is 8.84. The molecule has 2 N–H and O–H groups in total. The summed E-state index contributed by atoms with van der Waals surface area (Å²) in [7, 11) is -3.86. The molecule has 0 spiro atoms. The summed E-state index contributed by atoms with van der Waals surface area (Å²) in [5, 5.41) is 19.3. The second kappa shape index (κ2) is 4.59. The number of hydrogen-bond acceptors (Lipinski definition) is 4. The molecule has 0 saturated heterocycles. The molecular weight excluding hydrogens is 264 g/mol. The first kappa shape index (κ1) is 13.4. The van der Waals surface area contributed by atoms with Crippen LogP contribution in [0, 0.1) is 13.8 Å². The van der Waals surface area contributed by atoms with Gasteiger partial charge in [-0.25, -0.2) is 8.42 Å². The van der Waals surface area contributed by atoms with E-state index in [1.807, 2.05) is 0 Å². The van der Waals surface area contributed by atoms with E-state index in [4.69, 9.17) is 0 Å². The minimum atomic E-state index is -3.86. The van der Waals surface area contributed by atoms with Crippen molar-refractivity contribution >= 4 is 9.84 Å². The topological polar surface area (TPSA) is 74.6 Å². The quantitative estimate of drug-likeness (QED) is 0.828. The van der Waals surface area contributed by atoms with Gasteiger partial charge in [-0.05, 0) is 43.2 Å². The second-order valence-electron chi connectivity index (χ2n) is 4.40. The summed E-state index contributed by atoms with van der Waals surface area (Å²) in [6.45, 7) is 3.33. The van der Waals surface area contributed by atoms with Crippen molar-refractivity contribution in [2.45, 2.75) is 23.6 Å². The van der Waals surface area contributed by atoms with Crippen LogP contribution in [-0.2, 0) is 9.84 Å². The van der Waals surface area contributed by atoms with Gasteiger partial charge in [0.05, 0.1) is 4.90 Å². The number of benzene rings is 2. The molecule has 0 aliphatic carbocycles. The Morgan fingerprint density at radius 1 is 0.947 bits per heavy atom. The molecule has 0 aliphatic rings. The molecular formula is C14H14O4S. The lowest BCUT2D eigenvalue weighted by Crippen LogP contribution is -2.04. The van der Waals surface area contributed by atoms with E-state index in [-0.39, 0.29) is 9.79 Å². The molecule has 100 valence electrons. The maximum Gasteiger partial charge on any atom is 0.210 e. The Morgan fingerprint density at radius 3 is 2.21 bits per heavy atom. The lowest BCUT2D eigenvalue weighted by atomic mass is 10.2. The standard InChI is InChI=1S/C14H14O4S/c1-9-7-11(15)14(16)13(8-9)19(17,18)12-6-4-3-5-10(12)2/h3-8,15-16H,1-2H3. The molecule has 0 bridgehead atoms. The number of hydrogen-bond donors (Lipinski definition) is 2. The minimum absolute atomic E-state index is 0.121. The average molecular weight is 278 g/mol. The van der Waals surface area contributed by atoms with Crippen molar-refractivity contribution in [3.05, 3.63) is 47.5 Å². The van der Waals surface area contributed by atoms with Gasteiger partial charge in [-0.2, -0.15) is 0 Å². The van der Waals surface area contributed by atoms with E-state index in [1.54, 1.807) is 32.0 Å². The van der Waals surface area contributed by atoms with E-state index in [9.17, 15) is 18.6 Å².